The molecule has 0 amide bonds. The molecule has 0 atom stereocenters. The van der Waals surface area contributed by atoms with Crippen molar-refractivity contribution < 1.29 is 9.47 Å². The molecule has 0 unspecified atom stereocenters. The Hall–Kier alpha value is -2.62. The molecule has 0 N–H and O–H groups in total. The third-order valence-electron chi connectivity index (χ3n) is 5.07. The zero-order chi connectivity index (χ0) is 18.5. The Kier molecular flexibility index (Phi) is 5.52. The van der Waals surface area contributed by atoms with Crippen molar-refractivity contribution in [2.75, 3.05) is 40.0 Å². The van der Waals surface area contributed by atoms with Crippen LogP contribution in [0.3, 0.4) is 0 Å². The van der Waals surface area contributed by atoms with Crippen LogP contribution in [0.15, 0.2) is 66.7 Å². The molecule has 3 aromatic carbocycles. The molecule has 1 saturated heterocycles. The van der Waals surface area contributed by atoms with Gasteiger partial charge in [0.25, 0.3) is 0 Å². The molecule has 1 fully saturated rings. The quantitative estimate of drug-likeness (QED) is 0.615. The molecule has 0 spiro atoms. The Morgan fingerprint density at radius 1 is 1.00 bits per heavy atom. The first-order valence-electron chi connectivity index (χ1n) is 9.46. The third-order valence-corrected chi connectivity index (χ3v) is 5.07. The second kappa shape index (κ2) is 8.38. The molecule has 0 aromatic heterocycles. The van der Waals surface area contributed by atoms with Crippen molar-refractivity contribution in [2.24, 2.45) is 0 Å². The van der Waals surface area contributed by atoms with E-state index < -0.39 is 0 Å². The first-order valence-corrected chi connectivity index (χ1v) is 9.46. The van der Waals surface area contributed by atoms with Crippen molar-refractivity contribution in [1.29, 1.82) is 0 Å². The monoisotopic (exact) mass is 359 g/mol. The van der Waals surface area contributed by atoms with E-state index in [0.717, 1.165) is 44.2 Å². The maximum Gasteiger partial charge on any atom is 0.119 e. The second-order valence-corrected chi connectivity index (χ2v) is 6.86. The topological polar surface area (TPSA) is 21.7 Å². The molecular weight excluding hydrogens is 334 g/mol. The Balaban J connectivity index is 1.78. The van der Waals surface area contributed by atoms with E-state index in [0.29, 0.717) is 0 Å². The summed E-state index contributed by atoms with van der Waals surface area (Å²) in [5.74, 6) is 0.882. The minimum Gasteiger partial charge on any atom is -0.497 e. The molecule has 138 valence electrons. The molecule has 0 radical (unpaired) electrons. The third kappa shape index (κ3) is 4.21. The fraction of sp³-hybridized carbons (Fsp3) is 0.250. The summed E-state index contributed by atoms with van der Waals surface area (Å²) >= 11 is 0. The van der Waals surface area contributed by atoms with Gasteiger partial charge in [-0.3, -0.25) is 4.90 Å². The largest absolute Gasteiger partial charge is 0.497 e. The minimum atomic E-state index is 0.808. The van der Waals surface area contributed by atoms with Crippen molar-refractivity contribution in [3.05, 3.63) is 77.9 Å². The standard InChI is InChI=1S/C24H25NO2/c1-26-22-9-4-6-19(17-22)16-21(18-25-12-14-27-15-13-25)24-11-5-8-20-7-2-3-10-23(20)24/h2-11,16-17H,12-15,18H2,1H3/b21-16+. The summed E-state index contributed by atoms with van der Waals surface area (Å²) in [5, 5.41) is 2.57. The number of nitrogens with zero attached hydrogens (tertiary/aromatic N) is 1. The number of fused-ring (bicyclic) bond motifs is 1. The average molecular weight is 359 g/mol. The van der Waals surface area contributed by atoms with Crippen molar-refractivity contribution in [1.82, 2.24) is 4.90 Å². The summed E-state index contributed by atoms with van der Waals surface area (Å²) in [4.78, 5) is 2.47. The van der Waals surface area contributed by atoms with E-state index in [2.05, 4.69) is 65.6 Å². The molecule has 27 heavy (non-hydrogen) atoms. The molecular formula is C24H25NO2. The van der Waals surface area contributed by atoms with E-state index >= 15 is 0 Å². The average Bonchev–Trinajstić information content (AvgIpc) is 2.74. The van der Waals surface area contributed by atoms with Gasteiger partial charge in [-0.05, 0) is 45.7 Å². The molecule has 0 aliphatic carbocycles. The predicted octanol–water partition coefficient (Wildman–Crippen LogP) is 4.72. The van der Waals surface area contributed by atoms with Crippen LogP contribution in [0.1, 0.15) is 11.1 Å². The van der Waals surface area contributed by atoms with Gasteiger partial charge in [0, 0.05) is 19.6 Å². The Bertz CT molecular complexity index is 937. The van der Waals surface area contributed by atoms with Gasteiger partial charge in [0.1, 0.15) is 5.75 Å². The van der Waals surface area contributed by atoms with Crippen LogP contribution < -0.4 is 4.74 Å². The van der Waals surface area contributed by atoms with Gasteiger partial charge >= 0.3 is 0 Å². The summed E-state index contributed by atoms with van der Waals surface area (Å²) in [6.07, 6.45) is 2.29. The van der Waals surface area contributed by atoms with Crippen LogP contribution in [0, 0.1) is 0 Å². The first kappa shape index (κ1) is 17.8. The van der Waals surface area contributed by atoms with Crippen LogP contribution >= 0.6 is 0 Å². The van der Waals surface area contributed by atoms with Crippen LogP contribution in [0.5, 0.6) is 5.75 Å². The maximum absolute atomic E-state index is 5.53. The van der Waals surface area contributed by atoms with Crippen LogP contribution in [0.2, 0.25) is 0 Å². The lowest BCUT2D eigenvalue weighted by Gasteiger charge is -2.28. The summed E-state index contributed by atoms with van der Waals surface area (Å²) in [6, 6.07) is 23.4. The van der Waals surface area contributed by atoms with Crippen molar-refractivity contribution in [2.45, 2.75) is 0 Å². The molecule has 4 rings (SSSR count). The lowest BCUT2D eigenvalue weighted by molar-refractivity contribution is 0.0444. The normalized spacial score (nSPS) is 15.8. The highest BCUT2D eigenvalue weighted by atomic mass is 16.5. The van der Waals surface area contributed by atoms with E-state index in [1.165, 1.54) is 21.9 Å². The molecule has 3 aromatic rings. The maximum atomic E-state index is 5.53. The van der Waals surface area contributed by atoms with Crippen LogP contribution in [-0.2, 0) is 4.74 Å². The van der Waals surface area contributed by atoms with E-state index in [1.54, 1.807) is 7.11 Å². The van der Waals surface area contributed by atoms with Gasteiger partial charge in [-0.1, -0.05) is 54.6 Å². The highest BCUT2D eigenvalue weighted by Gasteiger charge is 2.15. The van der Waals surface area contributed by atoms with Gasteiger partial charge in [0.05, 0.1) is 20.3 Å². The number of ether oxygens (including phenoxy) is 2. The molecule has 3 heteroatoms. The van der Waals surface area contributed by atoms with E-state index in [1.807, 2.05) is 12.1 Å². The van der Waals surface area contributed by atoms with Gasteiger partial charge in [0.15, 0.2) is 0 Å². The predicted molar refractivity (Wildman–Crippen MR) is 112 cm³/mol. The molecule has 1 aliphatic rings. The number of hydrogen-bond donors (Lipinski definition) is 0. The minimum absolute atomic E-state index is 0.808. The van der Waals surface area contributed by atoms with Gasteiger partial charge in [-0.2, -0.15) is 0 Å². The van der Waals surface area contributed by atoms with Crippen LogP contribution in [-0.4, -0.2) is 44.9 Å². The molecule has 0 bridgehead atoms. The number of benzene rings is 3. The van der Waals surface area contributed by atoms with Gasteiger partial charge in [0.2, 0.25) is 0 Å². The van der Waals surface area contributed by atoms with Crippen molar-refractivity contribution in [3.8, 4) is 5.75 Å². The number of rotatable bonds is 5. The van der Waals surface area contributed by atoms with Gasteiger partial charge < -0.3 is 9.47 Å². The van der Waals surface area contributed by atoms with Crippen LogP contribution in [0.4, 0.5) is 0 Å². The highest BCUT2D eigenvalue weighted by Crippen LogP contribution is 2.28. The Morgan fingerprint density at radius 2 is 1.78 bits per heavy atom. The summed E-state index contributed by atoms with van der Waals surface area (Å²) in [6.45, 7) is 4.47. The number of morpholine rings is 1. The zero-order valence-corrected chi connectivity index (χ0v) is 15.7. The Morgan fingerprint density at radius 3 is 2.63 bits per heavy atom. The summed E-state index contributed by atoms with van der Waals surface area (Å²) in [5.41, 5.74) is 3.77. The van der Waals surface area contributed by atoms with E-state index in [4.69, 9.17) is 9.47 Å². The zero-order valence-electron chi connectivity index (χ0n) is 15.7. The number of methoxy groups -OCH3 is 1. The summed E-state index contributed by atoms with van der Waals surface area (Å²) < 4.78 is 10.9. The van der Waals surface area contributed by atoms with Crippen molar-refractivity contribution in [3.63, 3.8) is 0 Å². The van der Waals surface area contributed by atoms with Gasteiger partial charge in [-0.15, -0.1) is 0 Å². The lowest BCUT2D eigenvalue weighted by atomic mass is 9.96. The summed E-state index contributed by atoms with van der Waals surface area (Å²) in [7, 11) is 1.71. The molecule has 3 nitrogen and oxygen atoms in total. The second-order valence-electron chi connectivity index (χ2n) is 6.86. The molecule has 1 heterocycles. The van der Waals surface area contributed by atoms with Gasteiger partial charge in [-0.25, -0.2) is 0 Å². The fourth-order valence-corrected chi connectivity index (χ4v) is 3.65. The molecule has 1 aliphatic heterocycles. The smallest absolute Gasteiger partial charge is 0.119 e. The van der Waals surface area contributed by atoms with Crippen molar-refractivity contribution >= 4 is 22.4 Å². The van der Waals surface area contributed by atoms with E-state index in [9.17, 15) is 0 Å². The molecule has 0 saturated carbocycles. The van der Waals surface area contributed by atoms with Crippen LogP contribution in [0.25, 0.3) is 22.4 Å². The highest BCUT2D eigenvalue weighted by molar-refractivity contribution is 5.98. The lowest BCUT2D eigenvalue weighted by Crippen LogP contribution is -2.37. The van der Waals surface area contributed by atoms with E-state index in [-0.39, 0.29) is 0 Å². The fourth-order valence-electron chi connectivity index (χ4n) is 3.65. The SMILES string of the molecule is COc1cccc(/C=C(\CN2CCOCC2)c2cccc3ccccc23)c1. The first-order chi connectivity index (χ1) is 13.3. The number of hydrogen-bond acceptors (Lipinski definition) is 3. The Labute approximate surface area is 160 Å².